The summed E-state index contributed by atoms with van der Waals surface area (Å²) in [4.78, 5) is 16.4. The number of fused-ring (bicyclic) bond motifs is 1. The molecule has 1 amide bonds. The first-order valence-corrected chi connectivity index (χ1v) is 6.56. The van der Waals surface area contributed by atoms with Gasteiger partial charge in [-0.05, 0) is 19.1 Å². The maximum atomic E-state index is 12.1. The fraction of sp³-hybridized carbons (Fsp3) is 0.500. The molecule has 4 nitrogen and oxygen atoms in total. The highest BCUT2D eigenvalue weighted by atomic mass is 16.2. The van der Waals surface area contributed by atoms with Crippen LogP contribution in [0.3, 0.4) is 0 Å². The standard InChI is InChI=1S/C14H19N3O/c1-11-2-4-12(5-3-11)16-9-13-8-15-6-7-17(13)14(18)10-16/h2-5,13,15H,6-10H2,1H3. The van der Waals surface area contributed by atoms with Gasteiger partial charge in [-0.15, -0.1) is 0 Å². The van der Waals surface area contributed by atoms with Crippen LogP contribution in [0.2, 0.25) is 0 Å². The minimum absolute atomic E-state index is 0.258. The molecule has 3 rings (SSSR count). The molecular formula is C14H19N3O. The number of carbonyl (C=O) groups excluding carboxylic acids is 1. The SMILES string of the molecule is Cc1ccc(N2CC(=O)N3CCNCC3C2)cc1. The van der Waals surface area contributed by atoms with Gasteiger partial charge in [0.25, 0.3) is 0 Å². The van der Waals surface area contributed by atoms with Crippen molar-refractivity contribution in [3.05, 3.63) is 29.8 Å². The maximum Gasteiger partial charge on any atom is 0.242 e. The van der Waals surface area contributed by atoms with E-state index in [1.165, 1.54) is 5.56 Å². The summed E-state index contributed by atoms with van der Waals surface area (Å²) >= 11 is 0. The molecule has 0 aliphatic carbocycles. The van der Waals surface area contributed by atoms with E-state index >= 15 is 0 Å². The summed E-state index contributed by atoms with van der Waals surface area (Å²) in [5.74, 6) is 0.258. The molecule has 2 heterocycles. The van der Waals surface area contributed by atoms with Crippen LogP contribution in [0.25, 0.3) is 0 Å². The summed E-state index contributed by atoms with van der Waals surface area (Å²) in [6.07, 6.45) is 0. The molecule has 4 heteroatoms. The minimum atomic E-state index is 0.258. The Bertz CT molecular complexity index is 443. The van der Waals surface area contributed by atoms with E-state index in [0.717, 1.165) is 31.9 Å². The second-order valence-electron chi connectivity index (χ2n) is 5.16. The van der Waals surface area contributed by atoms with Gasteiger partial charge in [-0.1, -0.05) is 17.7 Å². The molecule has 0 aromatic heterocycles. The third-order valence-electron chi connectivity index (χ3n) is 3.83. The predicted octanol–water partition coefficient (Wildman–Crippen LogP) is 0.615. The van der Waals surface area contributed by atoms with Crippen molar-refractivity contribution in [3.8, 4) is 0 Å². The first-order valence-electron chi connectivity index (χ1n) is 6.56. The van der Waals surface area contributed by atoms with Crippen LogP contribution in [0.5, 0.6) is 0 Å². The lowest BCUT2D eigenvalue weighted by molar-refractivity contribution is -0.134. The van der Waals surface area contributed by atoms with E-state index in [2.05, 4.69) is 41.4 Å². The van der Waals surface area contributed by atoms with Crippen molar-refractivity contribution < 1.29 is 4.79 Å². The molecule has 1 unspecified atom stereocenters. The Kier molecular flexibility index (Phi) is 2.96. The zero-order valence-corrected chi connectivity index (χ0v) is 10.7. The molecule has 2 aliphatic heterocycles. The van der Waals surface area contributed by atoms with E-state index in [0.29, 0.717) is 12.6 Å². The van der Waals surface area contributed by atoms with Crippen LogP contribution >= 0.6 is 0 Å². The van der Waals surface area contributed by atoms with Crippen molar-refractivity contribution in [2.24, 2.45) is 0 Å². The van der Waals surface area contributed by atoms with E-state index in [1.807, 2.05) is 4.90 Å². The van der Waals surface area contributed by atoms with Crippen molar-refractivity contribution >= 4 is 11.6 Å². The lowest BCUT2D eigenvalue weighted by Gasteiger charge is -2.44. The number of hydrogen-bond donors (Lipinski definition) is 1. The molecule has 0 spiro atoms. The molecule has 1 N–H and O–H groups in total. The number of rotatable bonds is 1. The zero-order valence-electron chi connectivity index (χ0n) is 10.7. The molecule has 2 aliphatic rings. The number of aryl methyl sites for hydroxylation is 1. The molecule has 1 aromatic carbocycles. The second-order valence-corrected chi connectivity index (χ2v) is 5.16. The predicted molar refractivity (Wildman–Crippen MR) is 71.8 cm³/mol. The molecule has 18 heavy (non-hydrogen) atoms. The third kappa shape index (κ3) is 2.08. The van der Waals surface area contributed by atoms with Gasteiger partial charge >= 0.3 is 0 Å². The Hall–Kier alpha value is -1.55. The van der Waals surface area contributed by atoms with Crippen LogP contribution in [0.4, 0.5) is 5.69 Å². The Labute approximate surface area is 108 Å². The second kappa shape index (κ2) is 4.61. The average Bonchev–Trinajstić information content (AvgIpc) is 2.39. The fourth-order valence-electron chi connectivity index (χ4n) is 2.78. The average molecular weight is 245 g/mol. The number of hydrogen-bond acceptors (Lipinski definition) is 3. The summed E-state index contributed by atoms with van der Waals surface area (Å²) in [5.41, 5.74) is 2.40. The monoisotopic (exact) mass is 245 g/mol. The topological polar surface area (TPSA) is 35.6 Å². The van der Waals surface area contributed by atoms with Gasteiger partial charge in [-0.2, -0.15) is 0 Å². The molecule has 1 atom stereocenters. The number of nitrogens with zero attached hydrogens (tertiary/aromatic N) is 2. The van der Waals surface area contributed by atoms with E-state index in [9.17, 15) is 4.79 Å². The minimum Gasteiger partial charge on any atom is -0.360 e. The van der Waals surface area contributed by atoms with Crippen LogP contribution in [-0.4, -0.2) is 49.6 Å². The summed E-state index contributed by atoms with van der Waals surface area (Å²) in [6.45, 7) is 6.21. The fourth-order valence-corrected chi connectivity index (χ4v) is 2.78. The summed E-state index contributed by atoms with van der Waals surface area (Å²) in [7, 11) is 0. The van der Waals surface area contributed by atoms with Crippen LogP contribution in [0.1, 0.15) is 5.56 Å². The number of piperazine rings is 2. The van der Waals surface area contributed by atoms with Crippen LogP contribution in [-0.2, 0) is 4.79 Å². The molecule has 1 aromatic rings. The zero-order chi connectivity index (χ0) is 12.5. The Morgan fingerprint density at radius 2 is 2.06 bits per heavy atom. The highest BCUT2D eigenvalue weighted by Gasteiger charge is 2.33. The highest BCUT2D eigenvalue weighted by Crippen LogP contribution is 2.21. The summed E-state index contributed by atoms with van der Waals surface area (Å²) in [5, 5.41) is 3.37. The van der Waals surface area contributed by atoms with Gasteiger partial charge in [0, 0.05) is 31.9 Å². The first kappa shape index (κ1) is 11.5. The van der Waals surface area contributed by atoms with Gasteiger partial charge in [0.2, 0.25) is 5.91 Å². The highest BCUT2D eigenvalue weighted by molar-refractivity contribution is 5.83. The van der Waals surface area contributed by atoms with E-state index in [1.54, 1.807) is 0 Å². The lowest BCUT2D eigenvalue weighted by Crippen LogP contribution is -2.63. The molecule has 0 radical (unpaired) electrons. The number of amides is 1. The largest absolute Gasteiger partial charge is 0.360 e. The van der Waals surface area contributed by atoms with E-state index < -0.39 is 0 Å². The molecule has 2 saturated heterocycles. The van der Waals surface area contributed by atoms with Gasteiger partial charge in [0.15, 0.2) is 0 Å². The first-order chi connectivity index (χ1) is 8.74. The van der Waals surface area contributed by atoms with Gasteiger partial charge in [0.05, 0.1) is 12.6 Å². The van der Waals surface area contributed by atoms with Crippen molar-refractivity contribution in [3.63, 3.8) is 0 Å². The Morgan fingerprint density at radius 1 is 1.28 bits per heavy atom. The molecule has 0 bridgehead atoms. The summed E-state index contributed by atoms with van der Waals surface area (Å²) in [6, 6.07) is 8.74. The van der Waals surface area contributed by atoms with E-state index in [-0.39, 0.29) is 5.91 Å². The third-order valence-corrected chi connectivity index (χ3v) is 3.83. The molecule has 96 valence electrons. The van der Waals surface area contributed by atoms with Gasteiger partial charge in [-0.25, -0.2) is 0 Å². The van der Waals surface area contributed by atoms with Crippen molar-refractivity contribution in [2.75, 3.05) is 37.6 Å². The number of nitrogens with one attached hydrogen (secondary N) is 1. The van der Waals surface area contributed by atoms with Crippen LogP contribution in [0.15, 0.2) is 24.3 Å². The van der Waals surface area contributed by atoms with Gasteiger partial charge in [0.1, 0.15) is 0 Å². The molecule has 2 fully saturated rings. The Balaban J connectivity index is 1.78. The number of benzene rings is 1. The summed E-state index contributed by atoms with van der Waals surface area (Å²) < 4.78 is 0. The molecular weight excluding hydrogens is 226 g/mol. The van der Waals surface area contributed by atoms with Crippen molar-refractivity contribution in [1.29, 1.82) is 0 Å². The quantitative estimate of drug-likeness (QED) is 0.787. The van der Waals surface area contributed by atoms with Gasteiger partial charge in [-0.3, -0.25) is 4.79 Å². The number of anilines is 1. The van der Waals surface area contributed by atoms with Crippen LogP contribution in [0, 0.1) is 6.92 Å². The van der Waals surface area contributed by atoms with Gasteiger partial charge < -0.3 is 15.1 Å². The lowest BCUT2D eigenvalue weighted by atomic mass is 10.1. The molecule has 0 saturated carbocycles. The smallest absolute Gasteiger partial charge is 0.242 e. The maximum absolute atomic E-state index is 12.1. The Morgan fingerprint density at radius 3 is 2.83 bits per heavy atom. The normalized spacial score (nSPS) is 24.1. The van der Waals surface area contributed by atoms with E-state index in [4.69, 9.17) is 0 Å². The van der Waals surface area contributed by atoms with Crippen molar-refractivity contribution in [1.82, 2.24) is 10.2 Å². The van der Waals surface area contributed by atoms with Crippen LogP contribution < -0.4 is 10.2 Å². The number of carbonyl (C=O) groups is 1. The van der Waals surface area contributed by atoms with Crippen molar-refractivity contribution in [2.45, 2.75) is 13.0 Å².